The van der Waals surface area contributed by atoms with E-state index in [-0.39, 0.29) is 23.9 Å². The Morgan fingerprint density at radius 2 is 1.72 bits per heavy atom. The van der Waals surface area contributed by atoms with Gasteiger partial charge in [0.05, 0.1) is 5.92 Å². The molecule has 5 rings (SSSR count). The monoisotopic (exact) mass is 435 g/mol. The second-order valence-corrected chi connectivity index (χ2v) is 10.2. The molecular formula is C26H33N3O3. The number of aromatic nitrogens is 1. The molecule has 3 aliphatic rings. The van der Waals surface area contributed by atoms with Crippen LogP contribution >= 0.6 is 0 Å². The van der Waals surface area contributed by atoms with Gasteiger partial charge >= 0.3 is 5.97 Å². The number of anilines is 1. The Morgan fingerprint density at radius 1 is 1.00 bits per heavy atom. The number of carboxylic acids is 1. The van der Waals surface area contributed by atoms with Crippen LogP contribution in [0.5, 0.6) is 0 Å². The van der Waals surface area contributed by atoms with E-state index in [0.717, 1.165) is 41.8 Å². The Bertz CT molecular complexity index is 1000. The van der Waals surface area contributed by atoms with E-state index < -0.39 is 5.97 Å². The van der Waals surface area contributed by atoms with Gasteiger partial charge in [0.1, 0.15) is 5.82 Å². The number of carbonyl (C=O) groups is 2. The Balaban J connectivity index is 1.32. The fraction of sp³-hybridized carbons (Fsp3) is 0.577. The van der Waals surface area contributed by atoms with E-state index in [1.54, 1.807) is 0 Å². The van der Waals surface area contributed by atoms with Gasteiger partial charge in [-0.25, -0.2) is 4.98 Å². The van der Waals surface area contributed by atoms with Crippen molar-refractivity contribution >= 4 is 28.5 Å². The first-order valence-corrected chi connectivity index (χ1v) is 12.2. The Labute approximate surface area is 189 Å². The number of amides is 1. The van der Waals surface area contributed by atoms with Crippen molar-refractivity contribution in [2.45, 2.75) is 82.8 Å². The summed E-state index contributed by atoms with van der Waals surface area (Å²) >= 11 is 0. The summed E-state index contributed by atoms with van der Waals surface area (Å²) in [4.78, 5) is 31.6. The third-order valence-electron chi connectivity index (χ3n) is 7.89. The molecule has 1 amide bonds. The third-order valence-corrected chi connectivity index (χ3v) is 7.89. The van der Waals surface area contributed by atoms with Gasteiger partial charge in [0, 0.05) is 35.3 Å². The summed E-state index contributed by atoms with van der Waals surface area (Å²) in [5.74, 6) is 0.708. The van der Waals surface area contributed by atoms with Gasteiger partial charge in [-0.15, -0.1) is 0 Å². The highest BCUT2D eigenvalue weighted by molar-refractivity contribution is 5.99. The molecule has 2 aliphatic heterocycles. The predicted octanol–water partition coefficient (Wildman–Crippen LogP) is 5.08. The molecule has 1 aliphatic carbocycles. The molecule has 170 valence electrons. The zero-order valence-corrected chi connectivity index (χ0v) is 18.8. The van der Waals surface area contributed by atoms with E-state index in [1.807, 2.05) is 29.3 Å². The molecule has 0 radical (unpaired) electrons. The highest BCUT2D eigenvalue weighted by atomic mass is 16.4. The highest BCUT2D eigenvalue weighted by Crippen LogP contribution is 2.38. The van der Waals surface area contributed by atoms with Gasteiger partial charge in [0.2, 0.25) is 0 Å². The maximum absolute atomic E-state index is 13.4. The molecule has 6 nitrogen and oxygen atoms in total. The molecule has 1 aromatic heterocycles. The predicted molar refractivity (Wildman–Crippen MR) is 125 cm³/mol. The third kappa shape index (κ3) is 4.19. The number of piperidine rings is 2. The molecule has 3 heterocycles. The van der Waals surface area contributed by atoms with Crippen molar-refractivity contribution in [2.24, 2.45) is 11.8 Å². The van der Waals surface area contributed by atoms with E-state index in [9.17, 15) is 14.7 Å². The normalized spacial score (nSPS) is 30.2. The van der Waals surface area contributed by atoms with Gasteiger partial charge in [0.25, 0.3) is 5.91 Å². The molecule has 2 aromatic rings. The number of fused-ring (bicyclic) bond motifs is 3. The van der Waals surface area contributed by atoms with Gasteiger partial charge in [-0.1, -0.05) is 13.0 Å². The van der Waals surface area contributed by atoms with Crippen molar-refractivity contribution in [1.82, 2.24) is 9.88 Å². The first kappa shape index (κ1) is 21.2. The number of hydrogen-bond donors (Lipinski definition) is 2. The minimum atomic E-state index is -0.724. The quantitative estimate of drug-likeness (QED) is 0.700. The molecule has 6 heteroatoms. The lowest BCUT2D eigenvalue weighted by Gasteiger charge is -2.48. The van der Waals surface area contributed by atoms with Crippen molar-refractivity contribution in [3.63, 3.8) is 0 Å². The van der Waals surface area contributed by atoms with Gasteiger partial charge in [-0.2, -0.15) is 0 Å². The number of carboxylic acid groups (broad SMARTS) is 1. The number of hydrogen-bond acceptors (Lipinski definition) is 4. The molecule has 1 saturated carbocycles. The molecule has 0 spiro atoms. The summed E-state index contributed by atoms with van der Waals surface area (Å²) in [6.45, 7) is 2.32. The number of rotatable bonds is 4. The van der Waals surface area contributed by atoms with Gasteiger partial charge in [-0.05, 0) is 87.3 Å². The second kappa shape index (κ2) is 8.72. The first-order chi connectivity index (χ1) is 15.5. The molecule has 2 N–H and O–H groups in total. The molecular weight excluding hydrogens is 402 g/mol. The molecule has 32 heavy (non-hydrogen) atoms. The van der Waals surface area contributed by atoms with E-state index in [1.165, 1.54) is 25.7 Å². The van der Waals surface area contributed by atoms with Crippen LogP contribution in [0.25, 0.3) is 10.8 Å². The fourth-order valence-corrected chi connectivity index (χ4v) is 6.03. The Kier molecular flexibility index (Phi) is 5.78. The summed E-state index contributed by atoms with van der Waals surface area (Å²) < 4.78 is 0. The zero-order valence-electron chi connectivity index (χ0n) is 18.8. The lowest BCUT2D eigenvalue weighted by Crippen LogP contribution is -2.55. The summed E-state index contributed by atoms with van der Waals surface area (Å²) in [7, 11) is 0. The average Bonchev–Trinajstić information content (AvgIpc) is 2.79. The number of nitrogens with zero attached hydrogens (tertiary/aromatic N) is 2. The van der Waals surface area contributed by atoms with Crippen LogP contribution in [0.3, 0.4) is 0 Å². The maximum Gasteiger partial charge on any atom is 0.306 e. The summed E-state index contributed by atoms with van der Waals surface area (Å²) in [6, 6.07) is 8.51. The van der Waals surface area contributed by atoms with Crippen LogP contribution in [0.2, 0.25) is 0 Å². The lowest BCUT2D eigenvalue weighted by molar-refractivity contribution is -0.145. The summed E-state index contributed by atoms with van der Waals surface area (Å²) in [5.41, 5.74) is 0.673. The minimum absolute atomic E-state index is 0.0314. The smallest absolute Gasteiger partial charge is 0.306 e. The second-order valence-electron chi connectivity index (χ2n) is 10.2. The van der Waals surface area contributed by atoms with Crippen LogP contribution in [0.15, 0.2) is 30.5 Å². The first-order valence-electron chi connectivity index (χ1n) is 12.2. The minimum Gasteiger partial charge on any atom is -0.481 e. The Morgan fingerprint density at radius 3 is 2.41 bits per heavy atom. The fourth-order valence-electron chi connectivity index (χ4n) is 6.03. The molecule has 3 fully saturated rings. The molecule has 2 atom stereocenters. The Hall–Kier alpha value is -2.63. The number of nitrogens with one attached hydrogen (secondary N) is 1. The van der Waals surface area contributed by atoms with Gasteiger partial charge in [0.15, 0.2) is 0 Å². The van der Waals surface area contributed by atoms with Crippen LogP contribution in [0.1, 0.15) is 75.1 Å². The van der Waals surface area contributed by atoms with Crippen molar-refractivity contribution in [3.05, 3.63) is 36.0 Å². The number of benzene rings is 1. The SMILES string of the molecule is CC1CCC(Nc2cc3ccc(C(=O)N4C5CCCC4CC(C(=O)O)C5)cc3cn2)CC1. The van der Waals surface area contributed by atoms with Crippen LogP contribution < -0.4 is 5.32 Å². The molecule has 2 bridgehead atoms. The van der Waals surface area contributed by atoms with Crippen molar-refractivity contribution in [1.29, 1.82) is 0 Å². The van der Waals surface area contributed by atoms with Gasteiger partial charge in [-0.3, -0.25) is 9.59 Å². The van der Waals surface area contributed by atoms with Crippen molar-refractivity contribution in [2.75, 3.05) is 5.32 Å². The number of aliphatic carboxylic acids is 1. The van der Waals surface area contributed by atoms with Crippen LogP contribution in [0, 0.1) is 11.8 Å². The summed E-state index contributed by atoms with van der Waals surface area (Å²) in [6.07, 6.45) is 10.8. The van der Waals surface area contributed by atoms with Crippen molar-refractivity contribution < 1.29 is 14.7 Å². The van der Waals surface area contributed by atoms with Crippen LogP contribution in [-0.2, 0) is 4.79 Å². The molecule has 2 saturated heterocycles. The number of pyridine rings is 1. The van der Waals surface area contributed by atoms with Crippen LogP contribution in [-0.4, -0.2) is 45.0 Å². The van der Waals surface area contributed by atoms with Crippen molar-refractivity contribution in [3.8, 4) is 0 Å². The number of carbonyl (C=O) groups excluding carboxylic acids is 1. The standard InChI is InChI=1S/C26H33N3O3/c1-16-5-9-21(10-6-16)28-24-14-17-7-8-18(11-20(17)15-27-24)25(30)29-22-3-2-4-23(29)13-19(12-22)26(31)32/h7-8,11,14-16,19,21-23H,2-6,9-10,12-13H2,1H3,(H,27,28)(H,31,32). The maximum atomic E-state index is 13.4. The zero-order chi connectivity index (χ0) is 22.2. The van der Waals surface area contributed by atoms with E-state index in [0.29, 0.717) is 24.4 Å². The topological polar surface area (TPSA) is 82.5 Å². The summed E-state index contributed by atoms with van der Waals surface area (Å²) in [5, 5.41) is 15.1. The average molecular weight is 436 g/mol. The molecule has 2 unspecified atom stereocenters. The van der Waals surface area contributed by atoms with E-state index in [2.05, 4.69) is 23.3 Å². The van der Waals surface area contributed by atoms with Crippen LogP contribution in [0.4, 0.5) is 5.82 Å². The lowest BCUT2D eigenvalue weighted by atomic mass is 9.78. The highest BCUT2D eigenvalue weighted by Gasteiger charge is 2.43. The van der Waals surface area contributed by atoms with Gasteiger partial charge < -0.3 is 15.3 Å². The molecule has 1 aromatic carbocycles. The largest absolute Gasteiger partial charge is 0.481 e. The van der Waals surface area contributed by atoms with E-state index >= 15 is 0 Å². The van der Waals surface area contributed by atoms with E-state index in [4.69, 9.17) is 0 Å².